The zero-order valence-electron chi connectivity index (χ0n) is 14.2. The lowest BCUT2D eigenvalue weighted by Gasteiger charge is -2.12. The third kappa shape index (κ3) is 3.06. The Hall–Kier alpha value is -3.48. The maximum Gasteiger partial charge on any atom is 0.253 e. The van der Waals surface area contributed by atoms with E-state index in [2.05, 4.69) is 20.4 Å². The molecule has 0 atom stereocenters. The van der Waals surface area contributed by atoms with Gasteiger partial charge in [-0.1, -0.05) is 12.1 Å². The Morgan fingerprint density at radius 1 is 1.19 bits per heavy atom. The maximum atomic E-state index is 12.3. The van der Waals surface area contributed by atoms with Crippen molar-refractivity contribution in [2.75, 3.05) is 5.01 Å². The zero-order valence-corrected chi connectivity index (χ0v) is 14.2. The van der Waals surface area contributed by atoms with E-state index in [1.807, 2.05) is 31.2 Å². The lowest BCUT2D eigenvalue weighted by atomic mass is 10.2. The minimum absolute atomic E-state index is 0.0652. The van der Waals surface area contributed by atoms with Crippen LogP contribution in [0, 0.1) is 0 Å². The van der Waals surface area contributed by atoms with Crippen LogP contribution in [0.15, 0.2) is 53.6 Å². The first-order chi connectivity index (χ1) is 12.6. The molecule has 3 aromatic rings. The van der Waals surface area contributed by atoms with Gasteiger partial charge in [0.25, 0.3) is 11.8 Å². The van der Waals surface area contributed by atoms with E-state index in [0.29, 0.717) is 30.0 Å². The predicted molar refractivity (Wildman–Crippen MR) is 98.9 cm³/mol. The van der Waals surface area contributed by atoms with Crippen molar-refractivity contribution in [3.8, 4) is 0 Å². The van der Waals surface area contributed by atoms with Gasteiger partial charge in [-0.05, 0) is 43.3 Å². The maximum absolute atomic E-state index is 12.3. The van der Waals surface area contributed by atoms with Crippen LogP contribution in [0.5, 0.6) is 0 Å². The van der Waals surface area contributed by atoms with Gasteiger partial charge < -0.3 is 10.3 Å². The summed E-state index contributed by atoms with van der Waals surface area (Å²) in [7, 11) is 0. The molecule has 0 saturated carbocycles. The van der Waals surface area contributed by atoms with Gasteiger partial charge in [0.15, 0.2) is 0 Å². The molecule has 26 heavy (non-hydrogen) atoms. The van der Waals surface area contributed by atoms with Crippen LogP contribution in [0.3, 0.4) is 0 Å². The number of anilines is 1. The second-order valence-corrected chi connectivity index (χ2v) is 6.15. The molecule has 0 aliphatic carbocycles. The molecule has 0 saturated heterocycles. The van der Waals surface area contributed by atoms with Gasteiger partial charge in [0.1, 0.15) is 5.82 Å². The van der Waals surface area contributed by atoms with Crippen LogP contribution in [-0.4, -0.2) is 27.5 Å². The number of hydrazone groups is 1. The van der Waals surface area contributed by atoms with E-state index in [4.69, 9.17) is 0 Å². The van der Waals surface area contributed by atoms with Crippen molar-refractivity contribution in [3.05, 3.63) is 59.9 Å². The smallest absolute Gasteiger partial charge is 0.253 e. The molecule has 0 spiro atoms. The van der Waals surface area contributed by atoms with Crippen LogP contribution in [0.2, 0.25) is 0 Å². The fourth-order valence-corrected chi connectivity index (χ4v) is 2.87. The van der Waals surface area contributed by atoms with E-state index in [1.54, 1.807) is 24.3 Å². The van der Waals surface area contributed by atoms with Crippen LogP contribution in [-0.2, 0) is 11.3 Å². The summed E-state index contributed by atoms with van der Waals surface area (Å²) in [5.41, 5.74) is 3.75. The molecule has 1 aromatic heterocycles. The largest absolute Gasteiger partial charge is 0.345 e. The van der Waals surface area contributed by atoms with E-state index in [1.165, 1.54) is 5.01 Å². The minimum atomic E-state index is -0.204. The van der Waals surface area contributed by atoms with Crippen LogP contribution in [0.25, 0.3) is 11.0 Å². The summed E-state index contributed by atoms with van der Waals surface area (Å²) in [4.78, 5) is 31.8. The number of benzene rings is 2. The highest BCUT2D eigenvalue weighted by atomic mass is 16.2. The number of amides is 2. The molecule has 0 bridgehead atoms. The topological polar surface area (TPSA) is 90.4 Å². The first-order valence-electron chi connectivity index (χ1n) is 8.29. The monoisotopic (exact) mass is 347 g/mol. The second kappa shape index (κ2) is 6.44. The van der Waals surface area contributed by atoms with Gasteiger partial charge in [-0.25, -0.2) is 9.99 Å². The highest BCUT2D eigenvalue weighted by Crippen LogP contribution is 2.21. The highest BCUT2D eigenvalue weighted by Gasteiger charge is 2.22. The Balaban J connectivity index is 1.42. The molecule has 0 unspecified atom stereocenters. The normalized spacial score (nSPS) is 14.0. The number of aromatic amines is 1. The molecule has 2 N–H and O–H groups in total. The van der Waals surface area contributed by atoms with Gasteiger partial charge >= 0.3 is 0 Å². The number of nitrogens with zero attached hydrogens (tertiary/aromatic N) is 3. The standard InChI is InChI=1S/C19H17N5O2/c1-12-10-18(25)24(23-12)14-8-6-13(7-9-14)19(26)20-11-17-21-15-4-2-3-5-16(15)22-17/h2-9H,10-11H2,1H3,(H,20,26)(H,21,22). The molecule has 1 aliphatic heterocycles. The van der Waals surface area contributed by atoms with Crippen LogP contribution >= 0.6 is 0 Å². The number of fused-ring (bicyclic) bond motifs is 1. The van der Waals surface area contributed by atoms with Crippen LogP contribution in [0.4, 0.5) is 5.69 Å². The van der Waals surface area contributed by atoms with Crippen molar-refractivity contribution in [1.29, 1.82) is 0 Å². The van der Waals surface area contributed by atoms with E-state index < -0.39 is 0 Å². The number of carbonyl (C=O) groups is 2. The average molecular weight is 347 g/mol. The number of hydrogen-bond donors (Lipinski definition) is 2. The number of hydrogen-bond acceptors (Lipinski definition) is 4. The van der Waals surface area contributed by atoms with Crippen molar-refractivity contribution in [3.63, 3.8) is 0 Å². The molecule has 0 fully saturated rings. The lowest BCUT2D eigenvalue weighted by molar-refractivity contribution is -0.116. The average Bonchev–Trinajstić information content (AvgIpc) is 3.22. The number of rotatable bonds is 4. The first kappa shape index (κ1) is 16.0. The summed E-state index contributed by atoms with van der Waals surface area (Å²) in [5.74, 6) is 0.428. The van der Waals surface area contributed by atoms with Crippen molar-refractivity contribution < 1.29 is 9.59 Å². The molecule has 1 aliphatic rings. The van der Waals surface area contributed by atoms with Crippen molar-refractivity contribution in [2.45, 2.75) is 19.9 Å². The van der Waals surface area contributed by atoms with Crippen LogP contribution in [0.1, 0.15) is 29.5 Å². The molecular weight excluding hydrogens is 330 g/mol. The predicted octanol–water partition coefficient (Wildman–Crippen LogP) is 2.61. The molecule has 2 aromatic carbocycles. The molecule has 130 valence electrons. The molecule has 2 heterocycles. The SMILES string of the molecule is CC1=NN(c2ccc(C(=O)NCc3nc4ccccc4[nH]3)cc2)C(=O)C1. The molecule has 7 nitrogen and oxygen atoms in total. The summed E-state index contributed by atoms with van der Waals surface area (Å²) in [6.07, 6.45) is 0.333. The fraction of sp³-hybridized carbons (Fsp3) is 0.158. The Kier molecular flexibility index (Phi) is 3.96. The van der Waals surface area contributed by atoms with Crippen molar-refractivity contribution in [2.24, 2.45) is 5.10 Å². The summed E-state index contributed by atoms with van der Waals surface area (Å²) < 4.78 is 0. The minimum Gasteiger partial charge on any atom is -0.345 e. The number of nitrogens with one attached hydrogen (secondary N) is 2. The van der Waals surface area contributed by atoms with E-state index in [9.17, 15) is 9.59 Å². The van der Waals surface area contributed by atoms with Gasteiger partial charge in [0.05, 0.1) is 29.7 Å². The van der Waals surface area contributed by atoms with Crippen LogP contribution < -0.4 is 10.3 Å². The van der Waals surface area contributed by atoms with Gasteiger partial charge in [0, 0.05) is 11.3 Å². The third-order valence-corrected chi connectivity index (χ3v) is 4.14. The summed E-state index contributed by atoms with van der Waals surface area (Å²) in [5, 5.41) is 8.41. The number of imidazole rings is 1. The zero-order chi connectivity index (χ0) is 18.1. The summed E-state index contributed by atoms with van der Waals surface area (Å²) >= 11 is 0. The fourth-order valence-electron chi connectivity index (χ4n) is 2.87. The highest BCUT2D eigenvalue weighted by molar-refractivity contribution is 6.12. The van der Waals surface area contributed by atoms with E-state index in [-0.39, 0.29) is 11.8 Å². The number of carbonyl (C=O) groups excluding carboxylic acids is 2. The molecule has 4 rings (SSSR count). The first-order valence-corrected chi connectivity index (χ1v) is 8.29. The Bertz CT molecular complexity index is 987. The Labute approximate surface area is 149 Å². The molecule has 7 heteroatoms. The van der Waals surface area contributed by atoms with Crippen molar-refractivity contribution >= 4 is 34.2 Å². The van der Waals surface area contributed by atoms with Gasteiger partial charge in [-0.15, -0.1) is 0 Å². The Morgan fingerprint density at radius 2 is 1.96 bits per heavy atom. The van der Waals surface area contributed by atoms with Gasteiger partial charge in [-0.2, -0.15) is 5.10 Å². The van der Waals surface area contributed by atoms with Gasteiger partial charge in [-0.3, -0.25) is 9.59 Å². The molecular formula is C19H17N5O2. The van der Waals surface area contributed by atoms with E-state index in [0.717, 1.165) is 16.7 Å². The number of para-hydroxylation sites is 2. The summed E-state index contributed by atoms with van der Waals surface area (Å²) in [6, 6.07) is 14.5. The second-order valence-electron chi connectivity index (χ2n) is 6.15. The van der Waals surface area contributed by atoms with Gasteiger partial charge in [0.2, 0.25) is 0 Å². The number of H-pyrrole nitrogens is 1. The third-order valence-electron chi connectivity index (χ3n) is 4.14. The molecule has 0 radical (unpaired) electrons. The summed E-state index contributed by atoms with van der Waals surface area (Å²) in [6.45, 7) is 2.13. The quantitative estimate of drug-likeness (QED) is 0.760. The Morgan fingerprint density at radius 3 is 2.65 bits per heavy atom. The van der Waals surface area contributed by atoms with E-state index >= 15 is 0 Å². The lowest BCUT2D eigenvalue weighted by Crippen LogP contribution is -2.24. The number of aromatic nitrogens is 2. The van der Waals surface area contributed by atoms with Crippen molar-refractivity contribution in [1.82, 2.24) is 15.3 Å². The molecule has 2 amide bonds.